The van der Waals surface area contributed by atoms with E-state index in [0.717, 1.165) is 0 Å². The van der Waals surface area contributed by atoms with Crippen molar-refractivity contribution >= 4 is 5.97 Å². The summed E-state index contributed by atoms with van der Waals surface area (Å²) in [5.74, 6) is -0.392. The standard InChI is InChI=1S/C7H14O4/c1-4-7(8)11-10-6(3)9-5-2/h6H,4-5H2,1-3H3. The lowest BCUT2D eigenvalue weighted by molar-refractivity contribution is -0.346. The summed E-state index contributed by atoms with van der Waals surface area (Å²) in [5.41, 5.74) is 0. The van der Waals surface area contributed by atoms with Crippen molar-refractivity contribution < 1.29 is 19.3 Å². The molecule has 4 heteroatoms. The molecule has 0 aromatic heterocycles. The van der Waals surface area contributed by atoms with Crippen LogP contribution in [0.3, 0.4) is 0 Å². The summed E-state index contributed by atoms with van der Waals surface area (Å²) < 4.78 is 4.94. The molecule has 0 rings (SSSR count). The molecule has 0 aromatic carbocycles. The van der Waals surface area contributed by atoms with Crippen LogP contribution in [-0.4, -0.2) is 18.9 Å². The second-order valence-corrected chi connectivity index (χ2v) is 1.93. The Kier molecular flexibility index (Phi) is 5.78. The Morgan fingerprint density at radius 3 is 2.55 bits per heavy atom. The van der Waals surface area contributed by atoms with Gasteiger partial charge in [-0.15, -0.1) is 0 Å². The first kappa shape index (κ1) is 10.4. The summed E-state index contributed by atoms with van der Waals surface area (Å²) in [6, 6.07) is 0. The first-order chi connectivity index (χ1) is 5.20. The van der Waals surface area contributed by atoms with Crippen LogP contribution in [0.5, 0.6) is 0 Å². The van der Waals surface area contributed by atoms with Crippen LogP contribution in [0, 0.1) is 0 Å². The molecular formula is C7H14O4. The van der Waals surface area contributed by atoms with Crippen LogP contribution >= 0.6 is 0 Å². The molecule has 0 aliphatic carbocycles. The normalized spacial score (nSPS) is 12.6. The molecule has 0 N–H and O–H groups in total. The Bertz CT molecular complexity index is 113. The first-order valence-electron chi connectivity index (χ1n) is 3.68. The average Bonchev–Trinajstić information content (AvgIpc) is 2.01. The van der Waals surface area contributed by atoms with Crippen LogP contribution < -0.4 is 0 Å². The monoisotopic (exact) mass is 162 g/mol. The van der Waals surface area contributed by atoms with E-state index >= 15 is 0 Å². The highest BCUT2D eigenvalue weighted by molar-refractivity contribution is 5.68. The molecule has 0 aromatic rings. The molecule has 0 spiro atoms. The fourth-order valence-electron chi connectivity index (χ4n) is 0.443. The van der Waals surface area contributed by atoms with Gasteiger partial charge in [0.2, 0.25) is 0 Å². The van der Waals surface area contributed by atoms with Gasteiger partial charge in [-0.2, -0.15) is 4.89 Å². The van der Waals surface area contributed by atoms with E-state index in [1.54, 1.807) is 13.8 Å². The van der Waals surface area contributed by atoms with Crippen molar-refractivity contribution in [3.05, 3.63) is 0 Å². The van der Waals surface area contributed by atoms with E-state index in [9.17, 15) is 4.79 Å². The van der Waals surface area contributed by atoms with Crippen molar-refractivity contribution in [2.45, 2.75) is 33.5 Å². The van der Waals surface area contributed by atoms with Crippen molar-refractivity contribution in [3.63, 3.8) is 0 Å². The molecule has 0 bridgehead atoms. The Morgan fingerprint density at radius 1 is 1.45 bits per heavy atom. The quantitative estimate of drug-likeness (QED) is 0.347. The summed E-state index contributed by atoms with van der Waals surface area (Å²) in [7, 11) is 0. The molecule has 0 amide bonds. The molecule has 0 saturated carbocycles. The zero-order valence-corrected chi connectivity index (χ0v) is 7.12. The highest BCUT2D eigenvalue weighted by Gasteiger charge is 2.05. The summed E-state index contributed by atoms with van der Waals surface area (Å²) in [4.78, 5) is 19.4. The van der Waals surface area contributed by atoms with Crippen LogP contribution in [0.4, 0.5) is 0 Å². The smallest absolute Gasteiger partial charge is 0.342 e. The van der Waals surface area contributed by atoms with Crippen molar-refractivity contribution in [1.29, 1.82) is 0 Å². The van der Waals surface area contributed by atoms with E-state index in [1.807, 2.05) is 6.92 Å². The minimum Gasteiger partial charge on any atom is -0.349 e. The maximum atomic E-state index is 10.5. The van der Waals surface area contributed by atoms with Crippen LogP contribution in [0.15, 0.2) is 0 Å². The fraction of sp³-hybridized carbons (Fsp3) is 0.857. The Balaban J connectivity index is 3.29. The SMILES string of the molecule is CCOC(C)OOC(=O)CC. The number of ether oxygens (including phenoxy) is 1. The molecule has 4 nitrogen and oxygen atoms in total. The van der Waals surface area contributed by atoms with Crippen molar-refractivity contribution in [2.24, 2.45) is 0 Å². The third-order valence-electron chi connectivity index (χ3n) is 0.967. The molecule has 0 radical (unpaired) electrons. The number of carbonyl (C=O) groups excluding carboxylic acids is 1. The number of rotatable bonds is 5. The van der Waals surface area contributed by atoms with Gasteiger partial charge in [-0.05, 0) is 13.8 Å². The lowest BCUT2D eigenvalue weighted by Crippen LogP contribution is -2.15. The lowest BCUT2D eigenvalue weighted by Gasteiger charge is -2.09. The number of carbonyl (C=O) groups is 1. The van der Waals surface area contributed by atoms with E-state index in [1.165, 1.54) is 0 Å². The van der Waals surface area contributed by atoms with Gasteiger partial charge in [-0.1, -0.05) is 6.92 Å². The van der Waals surface area contributed by atoms with Crippen molar-refractivity contribution in [1.82, 2.24) is 0 Å². The number of hydrogen-bond donors (Lipinski definition) is 0. The average molecular weight is 162 g/mol. The van der Waals surface area contributed by atoms with Crippen LogP contribution in [0.2, 0.25) is 0 Å². The van der Waals surface area contributed by atoms with Gasteiger partial charge in [0.1, 0.15) is 0 Å². The van der Waals surface area contributed by atoms with Gasteiger partial charge in [0.05, 0.1) is 0 Å². The zero-order valence-electron chi connectivity index (χ0n) is 7.12. The van der Waals surface area contributed by atoms with E-state index in [0.29, 0.717) is 13.0 Å². The fourth-order valence-corrected chi connectivity index (χ4v) is 0.443. The zero-order chi connectivity index (χ0) is 8.69. The first-order valence-corrected chi connectivity index (χ1v) is 3.68. The summed E-state index contributed by atoms with van der Waals surface area (Å²) in [6.45, 7) is 5.72. The molecule has 1 unspecified atom stereocenters. The highest BCUT2D eigenvalue weighted by atomic mass is 17.2. The van der Waals surface area contributed by atoms with Gasteiger partial charge in [0, 0.05) is 13.0 Å². The molecule has 0 fully saturated rings. The topological polar surface area (TPSA) is 44.8 Å². The second-order valence-electron chi connectivity index (χ2n) is 1.93. The van der Waals surface area contributed by atoms with Gasteiger partial charge in [-0.3, -0.25) is 4.89 Å². The molecule has 66 valence electrons. The van der Waals surface area contributed by atoms with E-state index in [2.05, 4.69) is 9.78 Å². The van der Waals surface area contributed by atoms with Gasteiger partial charge in [-0.25, -0.2) is 4.79 Å². The van der Waals surface area contributed by atoms with E-state index < -0.39 is 12.3 Å². The third kappa shape index (κ3) is 5.82. The van der Waals surface area contributed by atoms with Gasteiger partial charge in [0.25, 0.3) is 0 Å². The number of hydrogen-bond acceptors (Lipinski definition) is 4. The summed E-state index contributed by atoms with van der Waals surface area (Å²) in [6.07, 6.45) is -0.186. The molecule has 0 aliphatic rings. The van der Waals surface area contributed by atoms with Gasteiger partial charge >= 0.3 is 5.97 Å². The van der Waals surface area contributed by atoms with Crippen molar-refractivity contribution in [2.75, 3.05) is 6.61 Å². The Hall–Kier alpha value is -0.610. The molecule has 0 aliphatic heterocycles. The minimum atomic E-state index is -0.490. The van der Waals surface area contributed by atoms with Gasteiger partial charge in [0.15, 0.2) is 6.29 Å². The molecule has 11 heavy (non-hydrogen) atoms. The molecular weight excluding hydrogens is 148 g/mol. The predicted molar refractivity (Wildman–Crippen MR) is 38.6 cm³/mol. The molecule has 0 saturated heterocycles. The maximum absolute atomic E-state index is 10.5. The van der Waals surface area contributed by atoms with Gasteiger partial charge < -0.3 is 4.74 Å². The van der Waals surface area contributed by atoms with E-state index in [4.69, 9.17) is 4.74 Å². The molecule has 1 atom stereocenters. The van der Waals surface area contributed by atoms with Crippen LogP contribution in [0.25, 0.3) is 0 Å². The molecule has 0 heterocycles. The largest absolute Gasteiger partial charge is 0.349 e. The van der Waals surface area contributed by atoms with E-state index in [-0.39, 0.29) is 0 Å². The summed E-state index contributed by atoms with van der Waals surface area (Å²) in [5, 5.41) is 0. The Labute approximate surface area is 66.4 Å². The van der Waals surface area contributed by atoms with Crippen LogP contribution in [-0.2, 0) is 19.3 Å². The summed E-state index contributed by atoms with van der Waals surface area (Å²) >= 11 is 0. The maximum Gasteiger partial charge on any atom is 0.342 e. The third-order valence-corrected chi connectivity index (χ3v) is 0.967. The lowest BCUT2D eigenvalue weighted by atomic mass is 10.5. The van der Waals surface area contributed by atoms with Crippen molar-refractivity contribution in [3.8, 4) is 0 Å². The second kappa shape index (κ2) is 6.12. The van der Waals surface area contributed by atoms with Crippen LogP contribution in [0.1, 0.15) is 27.2 Å². The highest BCUT2D eigenvalue weighted by Crippen LogP contribution is 1.95. The minimum absolute atomic E-state index is 0.304. The Morgan fingerprint density at radius 2 is 2.09 bits per heavy atom. The predicted octanol–water partition coefficient (Wildman–Crippen LogP) is 1.25.